The maximum atomic E-state index is 8.90. The number of rotatable bonds is 2. The quantitative estimate of drug-likeness (QED) is 0.548. The fraction of sp³-hybridized carbons (Fsp3) is 0.417. The summed E-state index contributed by atoms with van der Waals surface area (Å²) in [6.45, 7) is 5.99. The van der Waals surface area contributed by atoms with E-state index in [0.29, 0.717) is 0 Å². The lowest BCUT2D eigenvalue weighted by Gasteiger charge is -2.19. The molecule has 0 radical (unpaired) electrons. The molecule has 0 bridgehead atoms. The third kappa shape index (κ3) is 1.89. The van der Waals surface area contributed by atoms with Gasteiger partial charge < -0.3 is 4.74 Å². The smallest absolute Gasteiger partial charge is 0.184 e. The Bertz CT molecular complexity index is 419. The summed E-state index contributed by atoms with van der Waals surface area (Å²) in [4.78, 5) is 1.58. The summed E-state index contributed by atoms with van der Waals surface area (Å²) in [5.74, 6) is 0.875. The predicted molar refractivity (Wildman–Crippen MR) is 61.2 cm³/mol. The molecule has 0 N–H and O–H groups in total. The fourth-order valence-corrected chi connectivity index (χ4v) is 1.81. The molecule has 0 aromatic heterocycles. The van der Waals surface area contributed by atoms with Gasteiger partial charge in [0.15, 0.2) is 6.19 Å². The molecule has 0 aliphatic rings. The van der Waals surface area contributed by atoms with Crippen molar-refractivity contribution in [3.63, 3.8) is 0 Å². The molecule has 0 fully saturated rings. The molecule has 1 rings (SSSR count). The molecule has 15 heavy (non-hydrogen) atoms. The Morgan fingerprint density at radius 3 is 2.33 bits per heavy atom. The number of anilines is 1. The first kappa shape index (κ1) is 11.4. The van der Waals surface area contributed by atoms with Gasteiger partial charge in [-0.05, 0) is 43.5 Å². The van der Waals surface area contributed by atoms with Crippen molar-refractivity contribution in [2.75, 3.05) is 19.1 Å². The van der Waals surface area contributed by atoms with Crippen LogP contribution in [0.25, 0.3) is 0 Å². The van der Waals surface area contributed by atoms with E-state index in [4.69, 9.17) is 10.00 Å². The van der Waals surface area contributed by atoms with Crippen LogP contribution in [0.15, 0.2) is 6.07 Å². The minimum Gasteiger partial charge on any atom is -0.496 e. The minimum atomic E-state index is 0.875. The van der Waals surface area contributed by atoms with Crippen LogP contribution in [-0.4, -0.2) is 14.2 Å². The van der Waals surface area contributed by atoms with Crippen LogP contribution in [0, 0.1) is 32.2 Å². The van der Waals surface area contributed by atoms with Crippen molar-refractivity contribution < 1.29 is 4.74 Å². The van der Waals surface area contributed by atoms with Gasteiger partial charge in [0.05, 0.1) is 12.8 Å². The first-order chi connectivity index (χ1) is 7.02. The van der Waals surface area contributed by atoms with Crippen LogP contribution in [0.3, 0.4) is 0 Å². The number of nitrogens with zero attached hydrogens (tertiary/aromatic N) is 2. The van der Waals surface area contributed by atoms with Gasteiger partial charge in [0.2, 0.25) is 0 Å². The van der Waals surface area contributed by atoms with Crippen molar-refractivity contribution in [1.82, 2.24) is 0 Å². The molecular weight excluding hydrogens is 188 g/mol. The molecule has 80 valence electrons. The molecule has 1 aromatic rings. The average Bonchev–Trinajstić information content (AvgIpc) is 2.23. The lowest BCUT2D eigenvalue weighted by Crippen LogP contribution is -2.12. The first-order valence-electron chi connectivity index (χ1n) is 4.81. The zero-order valence-electron chi connectivity index (χ0n) is 9.88. The van der Waals surface area contributed by atoms with Crippen LogP contribution < -0.4 is 9.64 Å². The largest absolute Gasteiger partial charge is 0.496 e. The van der Waals surface area contributed by atoms with Gasteiger partial charge in [-0.15, -0.1) is 0 Å². The topological polar surface area (TPSA) is 36.3 Å². The minimum absolute atomic E-state index is 0.875. The predicted octanol–water partition coefficient (Wildman–Crippen LogP) is 2.54. The maximum Gasteiger partial charge on any atom is 0.184 e. The molecule has 0 saturated carbocycles. The van der Waals surface area contributed by atoms with E-state index in [2.05, 4.69) is 6.19 Å². The number of ether oxygens (including phenoxy) is 1. The van der Waals surface area contributed by atoms with Gasteiger partial charge >= 0.3 is 0 Å². The zero-order chi connectivity index (χ0) is 11.6. The van der Waals surface area contributed by atoms with Gasteiger partial charge in [-0.3, -0.25) is 4.90 Å². The number of methoxy groups -OCH3 is 1. The van der Waals surface area contributed by atoms with Gasteiger partial charge in [-0.1, -0.05) is 0 Å². The van der Waals surface area contributed by atoms with Crippen molar-refractivity contribution in [2.24, 2.45) is 0 Å². The SMILES string of the molecule is COc1cc(C)c(N(C)C#N)c(C)c1C. The standard InChI is InChI=1S/C12H16N2O/c1-8-6-11(15-5)9(2)10(3)12(8)14(4)7-13/h6H,1-5H3. The Kier molecular flexibility index (Phi) is 3.21. The second-order valence-electron chi connectivity index (χ2n) is 3.65. The lowest BCUT2D eigenvalue weighted by atomic mass is 10.0. The monoisotopic (exact) mass is 204 g/mol. The third-order valence-corrected chi connectivity index (χ3v) is 2.71. The molecular formula is C12H16N2O. The van der Waals surface area contributed by atoms with Crippen molar-refractivity contribution in [1.29, 1.82) is 5.26 Å². The highest BCUT2D eigenvalue weighted by atomic mass is 16.5. The second kappa shape index (κ2) is 4.22. The Labute approximate surface area is 90.9 Å². The number of benzene rings is 1. The van der Waals surface area contributed by atoms with E-state index in [9.17, 15) is 0 Å². The molecule has 0 amide bonds. The van der Waals surface area contributed by atoms with E-state index in [-0.39, 0.29) is 0 Å². The van der Waals surface area contributed by atoms with E-state index in [0.717, 1.165) is 28.1 Å². The van der Waals surface area contributed by atoms with Gasteiger partial charge in [0, 0.05) is 7.05 Å². The summed E-state index contributed by atoms with van der Waals surface area (Å²) >= 11 is 0. The summed E-state index contributed by atoms with van der Waals surface area (Å²) in [7, 11) is 3.43. The van der Waals surface area contributed by atoms with Gasteiger partial charge in [0.1, 0.15) is 5.75 Å². The van der Waals surface area contributed by atoms with Crippen LogP contribution in [0.1, 0.15) is 16.7 Å². The summed E-state index contributed by atoms with van der Waals surface area (Å²) < 4.78 is 5.27. The molecule has 0 aliphatic carbocycles. The number of aryl methyl sites for hydroxylation is 1. The van der Waals surface area contributed by atoms with E-state index < -0.39 is 0 Å². The highest BCUT2D eigenvalue weighted by molar-refractivity contribution is 5.66. The molecule has 3 nitrogen and oxygen atoms in total. The Hall–Kier alpha value is -1.69. The molecule has 0 atom stereocenters. The molecule has 0 spiro atoms. The van der Waals surface area contributed by atoms with Crippen molar-refractivity contribution in [2.45, 2.75) is 20.8 Å². The van der Waals surface area contributed by atoms with Crippen LogP contribution >= 0.6 is 0 Å². The molecule has 0 saturated heterocycles. The van der Waals surface area contributed by atoms with Gasteiger partial charge in [-0.25, -0.2) is 0 Å². The van der Waals surface area contributed by atoms with Crippen LogP contribution in [0.5, 0.6) is 5.75 Å². The fourth-order valence-electron chi connectivity index (χ4n) is 1.81. The molecule has 3 heteroatoms. The van der Waals surface area contributed by atoms with Crippen molar-refractivity contribution in [3.05, 3.63) is 22.8 Å². The summed E-state index contributed by atoms with van der Waals surface area (Å²) in [5.41, 5.74) is 4.20. The van der Waals surface area contributed by atoms with E-state index in [1.807, 2.05) is 26.8 Å². The number of hydrogen-bond acceptors (Lipinski definition) is 3. The first-order valence-corrected chi connectivity index (χ1v) is 4.81. The number of nitriles is 1. The lowest BCUT2D eigenvalue weighted by molar-refractivity contribution is 0.411. The summed E-state index contributed by atoms with van der Waals surface area (Å²) in [6.07, 6.45) is 2.12. The van der Waals surface area contributed by atoms with Crippen molar-refractivity contribution in [3.8, 4) is 11.9 Å². The zero-order valence-corrected chi connectivity index (χ0v) is 9.88. The highest BCUT2D eigenvalue weighted by Gasteiger charge is 2.13. The normalized spacial score (nSPS) is 9.60. The Balaban J connectivity index is 3.44. The maximum absolute atomic E-state index is 8.90. The molecule has 1 aromatic carbocycles. The van der Waals surface area contributed by atoms with Gasteiger partial charge in [-0.2, -0.15) is 5.26 Å². The third-order valence-electron chi connectivity index (χ3n) is 2.71. The average molecular weight is 204 g/mol. The molecule has 0 unspecified atom stereocenters. The van der Waals surface area contributed by atoms with Crippen LogP contribution in [0.2, 0.25) is 0 Å². The highest BCUT2D eigenvalue weighted by Crippen LogP contribution is 2.32. The van der Waals surface area contributed by atoms with E-state index in [1.165, 1.54) is 0 Å². The van der Waals surface area contributed by atoms with Crippen molar-refractivity contribution >= 4 is 5.69 Å². The van der Waals surface area contributed by atoms with Crippen LogP contribution in [0.4, 0.5) is 5.69 Å². The van der Waals surface area contributed by atoms with Gasteiger partial charge in [0.25, 0.3) is 0 Å². The summed E-state index contributed by atoms with van der Waals surface area (Å²) in [6, 6.07) is 1.96. The van der Waals surface area contributed by atoms with E-state index in [1.54, 1.807) is 19.1 Å². The number of hydrogen-bond donors (Lipinski definition) is 0. The van der Waals surface area contributed by atoms with Crippen LogP contribution in [-0.2, 0) is 0 Å². The Morgan fingerprint density at radius 1 is 1.27 bits per heavy atom. The molecule has 0 heterocycles. The second-order valence-corrected chi connectivity index (χ2v) is 3.65. The molecule has 0 aliphatic heterocycles. The van der Waals surface area contributed by atoms with E-state index >= 15 is 0 Å². The summed E-state index contributed by atoms with van der Waals surface area (Å²) in [5, 5.41) is 8.90. The Morgan fingerprint density at radius 2 is 1.87 bits per heavy atom.